The van der Waals surface area contributed by atoms with Gasteiger partial charge in [0.15, 0.2) is 0 Å². The van der Waals surface area contributed by atoms with E-state index >= 15 is 0 Å². The minimum atomic E-state index is -0.481. The molecule has 0 saturated carbocycles. The molecule has 0 aromatic heterocycles. The van der Waals surface area contributed by atoms with E-state index in [4.69, 9.17) is 5.11 Å². The highest BCUT2D eigenvalue weighted by atomic mass is 16.2. The van der Waals surface area contributed by atoms with Gasteiger partial charge in [-0.05, 0) is 55.3 Å². The van der Waals surface area contributed by atoms with Gasteiger partial charge < -0.3 is 20.6 Å². The number of nitrogens with two attached hydrogens (primary N) is 1. The molecule has 0 aliphatic heterocycles. The lowest BCUT2D eigenvalue weighted by molar-refractivity contribution is -0.113. The maximum Gasteiger partial charge on any atom is 0.240 e. The van der Waals surface area contributed by atoms with Crippen LogP contribution in [0.3, 0.4) is 0 Å². The molecule has 0 aliphatic rings. The lowest BCUT2D eigenvalue weighted by Crippen LogP contribution is -2.04. The van der Waals surface area contributed by atoms with E-state index in [1.807, 2.05) is 52.1 Å². The van der Waals surface area contributed by atoms with Crippen molar-refractivity contribution >= 4 is 5.91 Å². The van der Waals surface area contributed by atoms with E-state index in [0.717, 1.165) is 6.08 Å². The second-order valence-corrected chi connectivity index (χ2v) is 3.61. The van der Waals surface area contributed by atoms with Crippen LogP contribution < -0.4 is 5.73 Å². The van der Waals surface area contributed by atoms with Gasteiger partial charge in [0.1, 0.15) is 0 Å². The summed E-state index contributed by atoms with van der Waals surface area (Å²) >= 11 is 0. The molecule has 0 atom stereocenters. The molecule has 0 bridgehead atoms. The van der Waals surface area contributed by atoms with Crippen molar-refractivity contribution in [2.24, 2.45) is 5.73 Å². The minimum absolute atomic E-state index is 0.250. The van der Waals surface area contributed by atoms with Gasteiger partial charge in [0.25, 0.3) is 0 Å². The van der Waals surface area contributed by atoms with E-state index < -0.39 is 5.91 Å². The minimum Gasteiger partial charge on any atom is -0.397 e. The van der Waals surface area contributed by atoms with Gasteiger partial charge in [-0.2, -0.15) is 0 Å². The fourth-order valence-corrected chi connectivity index (χ4v) is 0. The SMILES string of the molecule is C=CC(N)=O.CCO.CN(C)C.CN(C)C. The summed E-state index contributed by atoms with van der Waals surface area (Å²) < 4.78 is 0. The molecule has 0 fully saturated rings. The van der Waals surface area contributed by atoms with Gasteiger partial charge in [0, 0.05) is 6.61 Å². The molecular formula is C11H29N3O2. The fourth-order valence-electron chi connectivity index (χ4n) is 0. The van der Waals surface area contributed by atoms with Crippen LogP contribution >= 0.6 is 0 Å². The molecule has 3 N–H and O–H groups in total. The maximum atomic E-state index is 9.47. The molecule has 0 radical (unpaired) electrons. The molecule has 1 amide bonds. The average molecular weight is 235 g/mol. The molecule has 0 unspecified atom stereocenters. The van der Waals surface area contributed by atoms with Crippen molar-refractivity contribution in [3.63, 3.8) is 0 Å². The smallest absolute Gasteiger partial charge is 0.240 e. The van der Waals surface area contributed by atoms with Crippen molar-refractivity contribution in [3.8, 4) is 0 Å². The van der Waals surface area contributed by atoms with Crippen LogP contribution in [0, 0.1) is 0 Å². The molecule has 100 valence electrons. The number of hydrogen-bond acceptors (Lipinski definition) is 4. The van der Waals surface area contributed by atoms with Crippen LogP contribution in [0.15, 0.2) is 12.7 Å². The summed E-state index contributed by atoms with van der Waals surface area (Å²) in [5, 5.41) is 7.57. The van der Waals surface area contributed by atoms with Gasteiger partial charge in [-0.15, -0.1) is 0 Å². The molecule has 0 saturated heterocycles. The zero-order chi connectivity index (χ0) is 14.1. The standard InChI is InChI=1S/C3H5NO.2C3H9N.C2H6O/c1-2-3(4)5;2*1-4(2)3;1-2-3/h2H,1H2,(H2,4,5);2*1-3H3;3H,2H2,1H3. The zero-order valence-corrected chi connectivity index (χ0v) is 11.8. The Hall–Kier alpha value is -0.910. The van der Waals surface area contributed by atoms with E-state index in [0.29, 0.717) is 0 Å². The highest BCUT2D eigenvalue weighted by Gasteiger charge is 1.69. The molecule has 0 aromatic carbocycles. The highest BCUT2D eigenvalue weighted by molar-refractivity contribution is 5.84. The van der Waals surface area contributed by atoms with Gasteiger partial charge in [-0.1, -0.05) is 6.58 Å². The Labute approximate surface area is 101 Å². The molecule has 0 aromatic rings. The summed E-state index contributed by atoms with van der Waals surface area (Å²) in [5.41, 5.74) is 4.53. The largest absolute Gasteiger partial charge is 0.397 e. The Morgan fingerprint density at radius 3 is 1.25 bits per heavy atom. The van der Waals surface area contributed by atoms with Crippen molar-refractivity contribution in [2.45, 2.75) is 6.92 Å². The molecule has 0 rings (SSSR count). The van der Waals surface area contributed by atoms with Crippen molar-refractivity contribution in [2.75, 3.05) is 48.9 Å². The Morgan fingerprint density at radius 1 is 1.19 bits per heavy atom. The summed E-state index contributed by atoms with van der Waals surface area (Å²) in [6.07, 6.45) is 1.06. The quantitative estimate of drug-likeness (QED) is 0.628. The lowest BCUT2D eigenvalue weighted by atomic mass is 10.6. The molecule has 16 heavy (non-hydrogen) atoms. The van der Waals surface area contributed by atoms with E-state index in [1.165, 1.54) is 0 Å². The Balaban J connectivity index is -0.0000000610. The predicted octanol–water partition coefficient (Wildman–Crippen LogP) is 0.0119. The van der Waals surface area contributed by atoms with Gasteiger partial charge in [-0.3, -0.25) is 4.79 Å². The average Bonchev–Trinajstić information content (AvgIpc) is 2.03. The molecule has 0 spiro atoms. The van der Waals surface area contributed by atoms with Crippen molar-refractivity contribution in [1.29, 1.82) is 0 Å². The van der Waals surface area contributed by atoms with Crippen LogP contribution in [-0.2, 0) is 4.79 Å². The third kappa shape index (κ3) is 1610. The summed E-state index contributed by atoms with van der Waals surface area (Å²) in [7, 11) is 12.0. The first-order valence-electron chi connectivity index (χ1n) is 4.90. The van der Waals surface area contributed by atoms with Gasteiger partial charge in [-0.25, -0.2) is 0 Å². The lowest BCUT2D eigenvalue weighted by Gasteiger charge is -1.90. The van der Waals surface area contributed by atoms with Gasteiger partial charge in [0.05, 0.1) is 0 Å². The van der Waals surface area contributed by atoms with Gasteiger partial charge in [0.2, 0.25) is 5.91 Å². The Bertz CT molecular complexity index is 126. The molecule has 0 aliphatic carbocycles. The van der Waals surface area contributed by atoms with Crippen molar-refractivity contribution in [3.05, 3.63) is 12.7 Å². The first-order chi connectivity index (χ1) is 7.15. The van der Waals surface area contributed by atoms with E-state index in [1.54, 1.807) is 6.92 Å². The molecule has 5 nitrogen and oxygen atoms in total. The van der Waals surface area contributed by atoms with Crippen LogP contribution in [0.2, 0.25) is 0 Å². The molecule has 5 heteroatoms. The number of carbonyl (C=O) groups excluding carboxylic acids is 1. The first kappa shape index (κ1) is 24.4. The maximum absolute atomic E-state index is 9.47. The number of carbonyl (C=O) groups is 1. The zero-order valence-electron chi connectivity index (χ0n) is 11.8. The van der Waals surface area contributed by atoms with E-state index in [9.17, 15) is 4.79 Å². The summed E-state index contributed by atoms with van der Waals surface area (Å²) in [5.74, 6) is -0.481. The number of rotatable bonds is 1. The van der Waals surface area contributed by atoms with Crippen molar-refractivity contribution < 1.29 is 9.90 Å². The number of aliphatic hydroxyl groups is 1. The number of nitrogens with zero attached hydrogens (tertiary/aromatic N) is 2. The van der Waals surface area contributed by atoms with Crippen LogP contribution in [0.5, 0.6) is 0 Å². The van der Waals surface area contributed by atoms with Crippen LogP contribution in [0.25, 0.3) is 0 Å². The summed E-state index contributed by atoms with van der Waals surface area (Å²) in [6, 6.07) is 0. The first-order valence-corrected chi connectivity index (χ1v) is 4.90. The highest BCUT2D eigenvalue weighted by Crippen LogP contribution is 1.49. The topological polar surface area (TPSA) is 69.8 Å². The third-order valence-electron chi connectivity index (χ3n) is 0.201. The third-order valence-corrected chi connectivity index (χ3v) is 0.201. The predicted molar refractivity (Wildman–Crippen MR) is 71.4 cm³/mol. The van der Waals surface area contributed by atoms with E-state index in [2.05, 4.69) is 12.3 Å². The molecule has 0 heterocycles. The fraction of sp³-hybridized carbons (Fsp3) is 0.727. The van der Waals surface area contributed by atoms with Gasteiger partial charge >= 0.3 is 0 Å². The van der Waals surface area contributed by atoms with Crippen LogP contribution in [0.1, 0.15) is 6.92 Å². The normalized spacial score (nSPS) is 7.62. The number of hydrogen-bond donors (Lipinski definition) is 2. The molecular weight excluding hydrogens is 206 g/mol. The van der Waals surface area contributed by atoms with E-state index in [-0.39, 0.29) is 6.61 Å². The Morgan fingerprint density at radius 2 is 1.25 bits per heavy atom. The van der Waals surface area contributed by atoms with Crippen molar-refractivity contribution in [1.82, 2.24) is 9.80 Å². The number of primary amides is 1. The van der Waals surface area contributed by atoms with Crippen LogP contribution in [0.4, 0.5) is 0 Å². The number of aliphatic hydroxyl groups excluding tert-OH is 1. The second-order valence-electron chi connectivity index (χ2n) is 3.61. The monoisotopic (exact) mass is 235 g/mol. The Kier molecular flexibility index (Phi) is 36.1. The summed E-state index contributed by atoms with van der Waals surface area (Å²) in [6.45, 7) is 5.02. The summed E-state index contributed by atoms with van der Waals surface area (Å²) in [4.78, 5) is 13.5. The van der Waals surface area contributed by atoms with Crippen LogP contribution in [-0.4, -0.2) is 69.7 Å². The second kappa shape index (κ2) is 23.7. The number of amides is 1.